The number of aromatic nitrogens is 2. The first kappa shape index (κ1) is 13.8. The zero-order chi connectivity index (χ0) is 13.7. The molecule has 2 amide bonds. The summed E-state index contributed by atoms with van der Waals surface area (Å²) in [7, 11) is 0. The number of nitrogens with one attached hydrogen (secondary N) is 1. The van der Waals surface area contributed by atoms with Gasteiger partial charge in [0.2, 0.25) is 5.82 Å². The molecule has 19 heavy (non-hydrogen) atoms. The van der Waals surface area contributed by atoms with Gasteiger partial charge in [-0.1, -0.05) is 5.16 Å². The highest BCUT2D eigenvalue weighted by Gasteiger charge is 2.30. The zero-order valence-electron chi connectivity index (χ0n) is 10.8. The second-order valence-electron chi connectivity index (χ2n) is 4.25. The monoisotopic (exact) mass is 270 g/mol. The highest BCUT2D eigenvalue weighted by Crippen LogP contribution is 2.30. The summed E-state index contributed by atoms with van der Waals surface area (Å²) in [5, 5.41) is 6.40. The number of primary amides is 1. The highest BCUT2D eigenvalue weighted by molar-refractivity contribution is 5.71. The van der Waals surface area contributed by atoms with Crippen molar-refractivity contribution in [1.82, 2.24) is 15.5 Å². The van der Waals surface area contributed by atoms with Crippen molar-refractivity contribution in [2.45, 2.75) is 38.6 Å². The standard InChI is InChI=1S/C11H18N4O4/c1-2-17-6-9-14-10(15-19-9)8-4-3-7(18-8)5-13-11(12)16/h7-8H,2-6H2,1H3,(H3,12,13,16). The molecule has 0 aromatic carbocycles. The Balaban J connectivity index is 1.82. The molecular formula is C11H18N4O4. The summed E-state index contributed by atoms with van der Waals surface area (Å²) in [4.78, 5) is 14.8. The van der Waals surface area contributed by atoms with Crippen molar-refractivity contribution in [3.63, 3.8) is 0 Å². The van der Waals surface area contributed by atoms with Crippen molar-refractivity contribution in [3.05, 3.63) is 11.7 Å². The highest BCUT2D eigenvalue weighted by atomic mass is 16.5. The predicted molar refractivity (Wildman–Crippen MR) is 64.1 cm³/mol. The molecule has 2 heterocycles. The van der Waals surface area contributed by atoms with Gasteiger partial charge in [0.25, 0.3) is 5.89 Å². The molecule has 1 aromatic rings. The van der Waals surface area contributed by atoms with Crippen LogP contribution in [0, 0.1) is 0 Å². The van der Waals surface area contributed by atoms with E-state index in [1.165, 1.54) is 0 Å². The number of nitrogens with zero attached hydrogens (tertiary/aromatic N) is 2. The molecule has 0 saturated carbocycles. The number of hydrogen-bond acceptors (Lipinski definition) is 6. The van der Waals surface area contributed by atoms with Crippen LogP contribution < -0.4 is 11.1 Å². The van der Waals surface area contributed by atoms with Crippen molar-refractivity contribution < 1.29 is 18.8 Å². The van der Waals surface area contributed by atoms with Gasteiger partial charge in [-0.15, -0.1) is 0 Å². The van der Waals surface area contributed by atoms with E-state index in [9.17, 15) is 4.79 Å². The zero-order valence-corrected chi connectivity index (χ0v) is 10.8. The van der Waals surface area contributed by atoms with Crippen LogP contribution in [0.25, 0.3) is 0 Å². The largest absolute Gasteiger partial charge is 0.372 e. The van der Waals surface area contributed by atoms with E-state index in [0.29, 0.717) is 31.5 Å². The maximum atomic E-state index is 10.6. The van der Waals surface area contributed by atoms with E-state index in [2.05, 4.69) is 15.5 Å². The smallest absolute Gasteiger partial charge is 0.312 e. The average Bonchev–Trinajstić information content (AvgIpc) is 3.02. The first-order valence-corrected chi connectivity index (χ1v) is 6.28. The topological polar surface area (TPSA) is 113 Å². The van der Waals surface area contributed by atoms with Crippen molar-refractivity contribution in [2.24, 2.45) is 5.73 Å². The number of nitrogens with two attached hydrogens (primary N) is 1. The van der Waals surface area contributed by atoms with Crippen LogP contribution in [-0.2, 0) is 16.1 Å². The lowest BCUT2D eigenvalue weighted by Crippen LogP contribution is -2.35. The van der Waals surface area contributed by atoms with E-state index >= 15 is 0 Å². The maximum absolute atomic E-state index is 10.6. The van der Waals surface area contributed by atoms with Gasteiger partial charge in [0.15, 0.2) is 0 Å². The third kappa shape index (κ3) is 3.90. The van der Waals surface area contributed by atoms with Crippen molar-refractivity contribution >= 4 is 6.03 Å². The third-order valence-corrected chi connectivity index (χ3v) is 2.81. The molecule has 106 valence electrons. The summed E-state index contributed by atoms with van der Waals surface area (Å²) < 4.78 is 16.0. The fourth-order valence-electron chi connectivity index (χ4n) is 1.91. The van der Waals surface area contributed by atoms with E-state index in [1.807, 2.05) is 6.92 Å². The Morgan fingerprint density at radius 2 is 2.42 bits per heavy atom. The Labute approximate surface area is 110 Å². The number of amides is 2. The fraction of sp³-hybridized carbons (Fsp3) is 0.727. The third-order valence-electron chi connectivity index (χ3n) is 2.81. The Morgan fingerprint density at radius 3 is 3.16 bits per heavy atom. The normalized spacial score (nSPS) is 22.6. The molecule has 1 aliphatic heterocycles. The van der Waals surface area contributed by atoms with Crippen LogP contribution in [0.1, 0.15) is 37.6 Å². The van der Waals surface area contributed by atoms with Crippen molar-refractivity contribution in [2.75, 3.05) is 13.2 Å². The van der Waals surface area contributed by atoms with Gasteiger partial charge >= 0.3 is 6.03 Å². The van der Waals surface area contributed by atoms with Gasteiger partial charge in [-0.3, -0.25) is 0 Å². The Morgan fingerprint density at radius 1 is 1.58 bits per heavy atom. The molecule has 1 aromatic heterocycles. The summed E-state index contributed by atoms with van der Waals surface area (Å²) in [6, 6.07) is -0.550. The molecule has 2 unspecified atom stereocenters. The number of carbonyl (C=O) groups is 1. The lowest BCUT2D eigenvalue weighted by atomic mass is 10.2. The molecule has 0 aliphatic carbocycles. The molecule has 3 N–H and O–H groups in total. The minimum absolute atomic E-state index is 0.0636. The molecule has 8 heteroatoms. The van der Waals surface area contributed by atoms with Crippen molar-refractivity contribution in [1.29, 1.82) is 0 Å². The summed E-state index contributed by atoms with van der Waals surface area (Å²) in [5.41, 5.74) is 5.01. The maximum Gasteiger partial charge on any atom is 0.312 e. The van der Waals surface area contributed by atoms with Gasteiger partial charge in [-0.05, 0) is 19.8 Å². The second kappa shape index (κ2) is 6.48. The van der Waals surface area contributed by atoms with Crippen LogP contribution in [-0.4, -0.2) is 35.4 Å². The summed E-state index contributed by atoms with van der Waals surface area (Å²) in [5.74, 6) is 0.968. The average molecular weight is 270 g/mol. The molecule has 8 nitrogen and oxygen atoms in total. The van der Waals surface area contributed by atoms with Crippen LogP contribution >= 0.6 is 0 Å². The minimum atomic E-state index is -0.550. The molecule has 0 bridgehead atoms. The first-order valence-electron chi connectivity index (χ1n) is 6.28. The van der Waals surface area contributed by atoms with Crippen LogP contribution in [0.4, 0.5) is 4.79 Å². The van der Waals surface area contributed by atoms with Gasteiger partial charge in [0, 0.05) is 13.2 Å². The lowest BCUT2D eigenvalue weighted by Gasteiger charge is -2.11. The van der Waals surface area contributed by atoms with E-state index in [1.54, 1.807) is 0 Å². The Kier molecular flexibility index (Phi) is 4.69. The number of rotatable bonds is 6. The molecule has 0 spiro atoms. The SMILES string of the molecule is CCOCc1nc(C2CCC(CNC(N)=O)O2)no1. The minimum Gasteiger partial charge on any atom is -0.372 e. The second-order valence-corrected chi connectivity index (χ2v) is 4.25. The number of ether oxygens (including phenoxy) is 2. The van der Waals surface area contributed by atoms with Crippen LogP contribution in [0.2, 0.25) is 0 Å². The molecule has 1 saturated heterocycles. The van der Waals surface area contributed by atoms with Gasteiger partial charge in [0.1, 0.15) is 12.7 Å². The van der Waals surface area contributed by atoms with Crippen LogP contribution in [0.5, 0.6) is 0 Å². The van der Waals surface area contributed by atoms with E-state index in [0.717, 1.165) is 12.8 Å². The fourth-order valence-corrected chi connectivity index (χ4v) is 1.91. The Hall–Kier alpha value is -1.67. The molecule has 2 atom stereocenters. The quantitative estimate of drug-likeness (QED) is 0.778. The number of hydrogen-bond donors (Lipinski definition) is 2. The van der Waals surface area contributed by atoms with E-state index in [-0.39, 0.29) is 12.2 Å². The Bertz CT molecular complexity index is 423. The summed E-state index contributed by atoms with van der Waals surface area (Å²) in [6.07, 6.45) is 1.35. The summed E-state index contributed by atoms with van der Waals surface area (Å²) in [6.45, 7) is 3.20. The molecule has 2 rings (SSSR count). The summed E-state index contributed by atoms with van der Waals surface area (Å²) >= 11 is 0. The number of urea groups is 1. The van der Waals surface area contributed by atoms with Gasteiger partial charge in [0.05, 0.1) is 6.10 Å². The van der Waals surface area contributed by atoms with Gasteiger partial charge in [-0.2, -0.15) is 4.98 Å². The van der Waals surface area contributed by atoms with Gasteiger partial charge in [-0.25, -0.2) is 4.79 Å². The first-order chi connectivity index (χ1) is 9.19. The molecule has 0 radical (unpaired) electrons. The van der Waals surface area contributed by atoms with Crippen molar-refractivity contribution in [3.8, 4) is 0 Å². The molecular weight excluding hydrogens is 252 g/mol. The van der Waals surface area contributed by atoms with Crippen LogP contribution in [0.3, 0.4) is 0 Å². The molecule has 1 aliphatic rings. The van der Waals surface area contributed by atoms with Crippen LogP contribution in [0.15, 0.2) is 4.52 Å². The predicted octanol–water partition coefficient (Wildman–Crippen LogP) is 0.495. The number of carbonyl (C=O) groups excluding carboxylic acids is 1. The van der Waals surface area contributed by atoms with E-state index in [4.69, 9.17) is 19.7 Å². The lowest BCUT2D eigenvalue weighted by molar-refractivity contribution is 0.0402. The molecule has 1 fully saturated rings. The van der Waals surface area contributed by atoms with Gasteiger partial charge < -0.3 is 25.0 Å². The van der Waals surface area contributed by atoms with E-state index < -0.39 is 6.03 Å².